The Bertz CT molecular complexity index is 518. The van der Waals surface area contributed by atoms with Crippen molar-refractivity contribution in [3.8, 4) is 0 Å². The average Bonchev–Trinajstić information content (AvgIpc) is 2.84. The average molecular weight is 294 g/mol. The van der Waals surface area contributed by atoms with Crippen LogP contribution < -0.4 is 10.6 Å². The normalized spacial score (nSPS) is 25.3. The van der Waals surface area contributed by atoms with E-state index in [1.165, 1.54) is 0 Å². The molecule has 116 valence electrons. The van der Waals surface area contributed by atoms with Crippen molar-refractivity contribution in [2.24, 2.45) is 13.0 Å². The van der Waals surface area contributed by atoms with Crippen LogP contribution in [0.2, 0.25) is 0 Å². The fraction of sp³-hybridized carbons (Fsp3) is 0.643. The number of urea groups is 1. The Balaban J connectivity index is 1.93. The fourth-order valence-electron chi connectivity index (χ4n) is 2.63. The fourth-order valence-corrected chi connectivity index (χ4v) is 2.63. The molecule has 1 saturated carbocycles. The van der Waals surface area contributed by atoms with Gasteiger partial charge >= 0.3 is 12.0 Å². The van der Waals surface area contributed by atoms with E-state index in [0.717, 1.165) is 12.8 Å². The monoisotopic (exact) mass is 294 g/mol. The highest BCUT2D eigenvalue weighted by Gasteiger charge is 2.42. The lowest BCUT2D eigenvalue weighted by Gasteiger charge is -2.36. The van der Waals surface area contributed by atoms with E-state index in [1.807, 2.05) is 7.05 Å². The van der Waals surface area contributed by atoms with Gasteiger partial charge in [-0.1, -0.05) is 6.92 Å². The van der Waals surface area contributed by atoms with E-state index in [2.05, 4.69) is 22.5 Å². The third-order valence-electron chi connectivity index (χ3n) is 4.22. The number of aliphatic carboxylic acids is 1. The molecule has 1 aliphatic carbocycles. The summed E-state index contributed by atoms with van der Waals surface area (Å²) in [6.07, 6.45) is 6.00. The molecule has 0 unspecified atom stereocenters. The van der Waals surface area contributed by atoms with Gasteiger partial charge in [0.1, 0.15) is 11.4 Å². The maximum Gasteiger partial charge on any atom is 0.329 e. The molecule has 2 rings (SSSR count). The summed E-state index contributed by atoms with van der Waals surface area (Å²) in [5.41, 5.74) is -1.14. The predicted octanol–water partition coefficient (Wildman–Crippen LogP) is 1.25. The lowest BCUT2D eigenvalue weighted by Crippen LogP contribution is -2.58. The molecule has 3 N–H and O–H groups in total. The highest BCUT2D eigenvalue weighted by atomic mass is 16.4. The zero-order valence-corrected chi connectivity index (χ0v) is 12.4. The van der Waals surface area contributed by atoms with Gasteiger partial charge in [0.05, 0.1) is 6.54 Å². The van der Waals surface area contributed by atoms with Crippen molar-refractivity contribution >= 4 is 12.0 Å². The lowest BCUT2D eigenvalue weighted by molar-refractivity contribution is -0.146. The van der Waals surface area contributed by atoms with Crippen molar-refractivity contribution in [2.45, 2.75) is 44.7 Å². The number of rotatable bonds is 4. The van der Waals surface area contributed by atoms with Gasteiger partial charge in [0, 0.05) is 19.4 Å². The molecular formula is C14H22N4O3. The molecule has 0 saturated heterocycles. The van der Waals surface area contributed by atoms with Crippen LogP contribution in [0.4, 0.5) is 4.79 Å². The van der Waals surface area contributed by atoms with Crippen LogP contribution in [0.15, 0.2) is 12.4 Å². The van der Waals surface area contributed by atoms with Crippen LogP contribution in [0, 0.1) is 5.92 Å². The molecule has 7 heteroatoms. The molecule has 0 spiro atoms. The molecule has 0 aliphatic heterocycles. The van der Waals surface area contributed by atoms with Crippen LogP contribution >= 0.6 is 0 Å². The van der Waals surface area contributed by atoms with Crippen molar-refractivity contribution in [2.75, 3.05) is 0 Å². The summed E-state index contributed by atoms with van der Waals surface area (Å²) < 4.78 is 1.80. The van der Waals surface area contributed by atoms with Gasteiger partial charge in [-0.25, -0.2) is 14.6 Å². The van der Waals surface area contributed by atoms with E-state index in [9.17, 15) is 14.7 Å². The number of amides is 2. The molecule has 1 aliphatic rings. The number of carboxylic acid groups (broad SMARTS) is 1. The molecule has 0 bridgehead atoms. The molecular weight excluding hydrogens is 272 g/mol. The SMILES string of the molecule is CC1CCC(NC(=O)NCc2nccn2C)(C(=O)O)CC1. The third-order valence-corrected chi connectivity index (χ3v) is 4.22. The van der Waals surface area contributed by atoms with Crippen molar-refractivity contribution < 1.29 is 14.7 Å². The summed E-state index contributed by atoms with van der Waals surface area (Å²) in [5.74, 6) is 0.267. The van der Waals surface area contributed by atoms with E-state index < -0.39 is 17.5 Å². The van der Waals surface area contributed by atoms with Crippen LogP contribution in [-0.2, 0) is 18.4 Å². The van der Waals surface area contributed by atoms with Gasteiger partial charge in [-0.15, -0.1) is 0 Å². The number of carbonyl (C=O) groups is 2. The van der Waals surface area contributed by atoms with E-state index in [1.54, 1.807) is 17.0 Å². The van der Waals surface area contributed by atoms with E-state index in [4.69, 9.17) is 0 Å². The number of aromatic nitrogens is 2. The molecule has 1 heterocycles. The number of imidazole rings is 1. The molecule has 0 aromatic carbocycles. The Morgan fingerprint density at radius 1 is 1.48 bits per heavy atom. The highest BCUT2D eigenvalue weighted by molar-refractivity contribution is 5.86. The number of aryl methyl sites for hydroxylation is 1. The van der Waals surface area contributed by atoms with Gasteiger partial charge in [0.25, 0.3) is 0 Å². The number of carboxylic acids is 1. The minimum absolute atomic E-state index is 0.265. The van der Waals surface area contributed by atoms with Gasteiger partial charge in [0.15, 0.2) is 0 Å². The van der Waals surface area contributed by atoms with Crippen LogP contribution in [0.5, 0.6) is 0 Å². The predicted molar refractivity (Wildman–Crippen MR) is 76.6 cm³/mol. The summed E-state index contributed by atoms with van der Waals surface area (Å²) in [6.45, 7) is 2.37. The lowest BCUT2D eigenvalue weighted by atomic mass is 9.77. The molecule has 0 atom stereocenters. The van der Waals surface area contributed by atoms with Gasteiger partial charge in [-0.3, -0.25) is 0 Å². The number of nitrogens with zero attached hydrogens (tertiary/aromatic N) is 2. The van der Waals surface area contributed by atoms with Gasteiger partial charge in [-0.2, -0.15) is 0 Å². The van der Waals surface area contributed by atoms with Gasteiger partial charge < -0.3 is 20.3 Å². The number of hydrogen-bond donors (Lipinski definition) is 3. The van der Waals surface area contributed by atoms with Crippen molar-refractivity contribution in [1.82, 2.24) is 20.2 Å². The summed E-state index contributed by atoms with van der Waals surface area (Å²) in [4.78, 5) is 27.6. The molecule has 1 aromatic heterocycles. The summed E-state index contributed by atoms with van der Waals surface area (Å²) >= 11 is 0. The Hall–Kier alpha value is -2.05. The zero-order chi connectivity index (χ0) is 15.5. The summed E-state index contributed by atoms with van der Waals surface area (Å²) in [7, 11) is 1.84. The molecule has 21 heavy (non-hydrogen) atoms. The van der Waals surface area contributed by atoms with E-state index in [0.29, 0.717) is 24.6 Å². The number of nitrogens with one attached hydrogen (secondary N) is 2. The topological polar surface area (TPSA) is 96.3 Å². The van der Waals surface area contributed by atoms with Crippen molar-refractivity contribution in [3.05, 3.63) is 18.2 Å². The quantitative estimate of drug-likeness (QED) is 0.778. The second kappa shape index (κ2) is 6.15. The van der Waals surface area contributed by atoms with Crippen LogP contribution in [0.1, 0.15) is 38.4 Å². The van der Waals surface area contributed by atoms with Crippen molar-refractivity contribution in [3.63, 3.8) is 0 Å². The Morgan fingerprint density at radius 3 is 2.67 bits per heavy atom. The smallest absolute Gasteiger partial charge is 0.329 e. The molecule has 0 radical (unpaired) electrons. The first-order valence-electron chi connectivity index (χ1n) is 7.18. The third kappa shape index (κ3) is 3.53. The Morgan fingerprint density at radius 2 is 2.14 bits per heavy atom. The van der Waals surface area contributed by atoms with E-state index in [-0.39, 0.29) is 6.54 Å². The summed E-state index contributed by atoms with van der Waals surface area (Å²) in [5, 5.41) is 14.8. The van der Waals surface area contributed by atoms with Crippen LogP contribution in [-0.4, -0.2) is 32.2 Å². The largest absolute Gasteiger partial charge is 0.480 e. The van der Waals surface area contributed by atoms with Gasteiger partial charge in [-0.05, 0) is 31.6 Å². The molecule has 1 fully saturated rings. The van der Waals surface area contributed by atoms with E-state index >= 15 is 0 Å². The maximum absolute atomic E-state index is 12.0. The maximum atomic E-state index is 12.0. The zero-order valence-electron chi connectivity index (χ0n) is 12.4. The minimum Gasteiger partial charge on any atom is -0.480 e. The van der Waals surface area contributed by atoms with Crippen LogP contribution in [0.25, 0.3) is 0 Å². The molecule has 1 aromatic rings. The second-order valence-electron chi connectivity index (χ2n) is 5.83. The Kier molecular flexibility index (Phi) is 4.50. The first-order valence-corrected chi connectivity index (χ1v) is 7.18. The highest BCUT2D eigenvalue weighted by Crippen LogP contribution is 2.32. The number of carbonyl (C=O) groups excluding carboxylic acids is 1. The first kappa shape index (κ1) is 15.3. The minimum atomic E-state index is -1.14. The van der Waals surface area contributed by atoms with Crippen LogP contribution in [0.3, 0.4) is 0 Å². The second-order valence-corrected chi connectivity index (χ2v) is 5.83. The molecule has 2 amide bonds. The summed E-state index contributed by atoms with van der Waals surface area (Å²) in [6, 6.07) is -0.463. The Labute approximate surface area is 123 Å². The standard InChI is InChI=1S/C14H22N4O3/c1-10-3-5-14(6-4-10,12(19)20)17-13(21)16-9-11-15-7-8-18(11)2/h7-8,10H,3-6,9H2,1-2H3,(H,19,20)(H2,16,17,21). The first-order chi connectivity index (χ1) is 9.93. The van der Waals surface area contributed by atoms with Crippen molar-refractivity contribution in [1.29, 1.82) is 0 Å². The molecule has 7 nitrogen and oxygen atoms in total. The number of hydrogen-bond acceptors (Lipinski definition) is 3. The van der Waals surface area contributed by atoms with Gasteiger partial charge in [0.2, 0.25) is 0 Å².